The Morgan fingerprint density at radius 1 is 1.06 bits per heavy atom. The SMILES string of the molecule is CC(CS)C(C)C(O)C(C)(C)C(C)(C)CCS. The Morgan fingerprint density at radius 3 is 1.88 bits per heavy atom. The van der Waals surface area contributed by atoms with Gasteiger partial charge in [-0.15, -0.1) is 0 Å². The van der Waals surface area contributed by atoms with Gasteiger partial charge in [0.25, 0.3) is 0 Å². The molecule has 1 nitrogen and oxygen atoms in total. The summed E-state index contributed by atoms with van der Waals surface area (Å²) in [6.07, 6.45) is 0.710. The minimum Gasteiger partial charge on any atom is -0.392 e. The van der Waals surface area contributed by atoms with E-state index in [4.69, 9.17) is 0 Å². The molecule has 0 saturated heterocycles. The Labute approximate surface area is 119 Å². The fraction of sp³-hybridized carbons (Fsp3) is 1.00. The van der Waals surface area contributed by atoms with Gasteiger partial charge in [0, 0.05) is 0 Å². The molecule has 3 heteroatoms. The highest BCUT2D eigenvalue weighted by molar-refractivity contribution is 7.80. The van der Waals surface area contributed by atoms with E-state index in [0.29, 0.717) is 5.92 Å². The summed E-state index contributed by atoms with van der Waals surface area (Å²) in [4.78, 5) is 0. The van der Waals surface area contributed by atoms with E-state index < -0.39 is 0 Å². The van der Waals surface area contributed by atoms with Crippen molar-refractivity contribution in [1.29, 1.82) is 0 Å². The van der Waals surface area contributed by atoms with Crippen LogP contribution in [0.1, 0.15) is 48.0 Å². The van der Waals surface area contributed by atoms with E-state index in [1.54, 1.807) is 0 Å². The summed E-state index contributed by atoms with van der Waals surface area (Å²) in [5.41, 5.74) is -0.0366. The minimum absolute atomic E-state index is 0.0821. The molecule has 0 heterocycles. The molecule has 0 amide bonds. The first-order valence-electron chi connectivity index (χ1n) is 6.51. The third kappa shape index (κ3) is 4.07. The summed E-state index contributed by atoms with van der Waals surface area (Å²) in [7, 11) is 0. The molecule has 0 saturated carbocycles. The molecule has 0 aliphatic carbocycles. The van der Waals surface area contributed by atoms with Gasteiger partial charge in [0.2, 0.25) is 0 Å². The van der Waals surface area contributed by atoms with E-state index in [1.807, 2.05) is 0 Å². The molecule has 3 unspecified atom stereocenters. The monoisotopic (exact) mass is 278 g/mol. The smallest absolute Gasteiger partial charge is 0.0624 e. The second-order valence-electron chi connectivity index (χ2n) is 6.54. The van der Waals surface area contributed by atoms with Crippen molar-refractivity contribution < 1.29 is 5.11 Å². The summed E-state index contributed by atoms with van der Waals surface area (Å²) in [5.74, 6) is 2.38. The summed E-state index contributed by atoms with van der Waals surface area (Å²) < 4.78 is 0. The van der Waals surface area contributed by atoms with E-state index in [0.717, 1.165) is 17.9 Å². The number of aliphatic hydroxyl groups is 1. The first kappa shape index (κ1) is 17.7. The Hall–Kier alpha value is 0.660. The lowest BCUT2D eigenvalue weighted by atomic mass is 9.60. The molecule has 17 heavy (non-hydrogen) atoms. The van der Waals surface area contributed by atoms with Crippen molar-refractivity contribution in [3.63, 3.8) is 0 Å². The number of thiol groups is 2. The lowest BCUT2D eigenvalue weighted by molar-refractivity contribution is -0.0745. The predicted octanol–water partition coefficient (Wildman–Crippen LogP) is 3.92. The zero-order valence-electron chi connectivity index (χ0n) is 12.2. The van der Waals surface area contributed by atoms with Gasteiger partial charge in [0.1, 0.15) is 0 Å². The lowest BCUT2D eigenvalue weighted by Gasteiger charge is -2.48. The average molecular weight is 279 g/mol. The summed E-state index contributed by atoms with van der Waals surface area (Å²) >= 11 is 8.67. The fourth-order valence-electron chi connectivity index (χ4n) is 2.14. The second kappa shape index (κ2) is 6.72. The predicted molar refractivity (Wildman–Crippen MR) is 84.2 cm³/mol. The number of hydrogen-bond donors (Lipinski definition) is 3. The maximum Gasteiger partial charge on any atom is 0.0624 e. The van der Waals surface area contributed by atoms with Crippen LogP contribution in [0.4, 0.5) is 0 Å². The van der Waals surface area contributed by atoms with Gasteiger partial charge in [-0.2, -0.15) is 25.3 Å². The molecule has 0 aromatic carbocycles. The maximum atomic E-state index is 10.7. The van der Waals surface area contributed by atoms with Crippen LogP contribution in [-0.2, 0) is 0 Å². The Balaban J connectivity index is 4.91. The molecule has 0 aromatic rings. The molecule has 3 atom stereocenters. The number of aliphatic hydroxyl groups excluding tert-OH is 1. The highest BCUT2D eigenvalue weighted by Gasteiger charge is 2.44. The van der Waals surface area contributed by atoms with Crippen molar-refractivity contribution in [2.45, 2.75) is 54.1 Å². The molecular formula is C14H30OS2. The van der Waals surface area contributed by atoms with Crippen molar-refractivity contribution in [3.8, 4) is 0 Å². The Morgan fingerprint density at radius 2 is 1.53 bits per heavy atom. The summed E-state index contributed by atoms with van der Waals surface area (Å²) in [5, 5.41) is 10.7. The molecule has 1 N–H and O–H groups in total. The molecule has 0 aliphatic rings. The molecule has 0 aromatic heterocycles. The molecule has 0 rings (SSSR count). The van der Waals surface area contributed by atoms with Crippen LogP contribution in [0.2, 0.25) is 0 Å². The van der Waals surface area contributed by atoms with Gasteiger partial charge in [0.15, 0.2) is 0 Å². The second-order valence-corrected chi connectivity index (χ2v) is 7.36. The number of rotatable bonds is 7. The van der Waals surface area contributed by atoms with Gasteiger partial charge < -0.3 is 5.11 Å². The number of hydrogen-bond acceptors (Lipinski definition) is 3. The van der Waals surface area contributed by atoms with E-state index in [2.05, 4.69) is 66.8 Å². The van der Waals surface area contributed by atoms with Crippen LogP contribution in [0, 0.1) is 22.7 Å². The third-order valence-corrected chi connectivity index (χ3v) is 5.70. The topological polar surface area (TPSA) is 20.2 Å². The Kier molecular flexibility index (Phi) is 6.98. The summed E-state index contributed by atoms with van der Waals surface area (Å²) in [6, 6.07) is 0. The largest absolute Gasteiger partial charge is 0.392 e. The van der Waals surface area contributed by atoms with Gasteiger partial charge in [-0.1, -0.05) is 41.5 Å². The maximum absolute atomic E-state index is 10.7. The van der Waals surface area contributed by atoms with Crippen molar-refractivity contribution in [2.75, 3.05) is 11.5 Å². The van der Waals surface area contributed by atoms with Crippen LogP contribution in [0.15, 0.2) is 0 Å². The van der Waals surface area contributed by atoms with Crippen LogP contribution >= 0.6 is 25.3 Å². The summed E-state index contributed by atoms with van der Waals surface area (Å²) in [6.45, 7) is 13.1. The molecular weight excluding hydrogens is 248 g/mol. The van der Waals surface area contributed by atoms with Gasteiger partial charge in [-0.05, 0) is 40.6 Å². The van der Waals surface area contributed by atoms with Gasteiger partial charge in [-0.3, -0.25) is 0 Å². The minimum atomic E-state index is -0.306. The molecule has 0 fully saturated rings. The van der Waals surface area contributed by atoms with Crippen LogP contribution in [-0.4, -0.2) is 22.7 Å². The van der Waals surface area contributed by atoms with E-state index in [1.165, 1.54) is 0 Å². The Bertz CT molecular complexity index is 226. The third-order valence-electron chi connectivity index (χ3n) is 4.90. The van der Waals surface area contributed by atoms with Crippen LogP contribution in [0.3, 0.4) is 0 Å². The van der Waals surface area contributed by atoms with Crippen LogP contribution in [0.5, 0.6) is 0 Å². The van der Waals surface area contributed by atoms with Crippen molar-refractivity contribution >= 4 is 25.3 Å². The zero-order valence-corrected chi connectivity index (χ0v) is 14.0. The van der Waals surface area contributed by atoms with Gasteiger partial charge in [0.05, 0.1) is 6.10 Å². The zero-order chi connectivity index (χ0) is 13.9. The standard InChI is InChI=1S/C14H30OS2/c1-10(9-17)11(2)12(15)14(5,6)13(3,4)7-8-16/h10-12,15-17H,7-9H2,1-6H3. The van der Waals surface area contributed by atoms with E-state index in [9.17, 15) is 5.11 Å². The highest BCUT2D eigenvalue weighted by atomic mass is 32.1. The molecule has 0 radical (unpaired) electrons. The van der Waals surface area contributed by atoms with Gasteiger partial charge in [-0.25, -0.2) is 0 Å². The van der Waals surface area contributed by atoms with E-state index >= 15 is 0 Å². The first-order valence-corrected chi connectivity index (χ1v) is 7.78. The van der Waals surface area contributed by atoms with Crippen molar-refractivity contribution in [1.82, 2.24) is 0 Å². The molecule has 0 aliphatic heterocycles. The molecule has 0 bridgehead atoms. The van der Waals surface area contributed by atoms with Crippen molar-refractivity contribution in [2.24, 2.45) is 22.7 Å². The quantitative estimate of drug-likeness (QED) is 0.603. The lowest BCUT2D eigenvalue weighted by Crippen LogP contribution is -2.47. The molecule has 0 spiro atoms. The fourth-order valence-corrected chi connectivity index (χ4v) is 3.03. The average Bonchev–Trinajstić information content (AvgIpc) is 2.25. The van der Waals surface area contributed by atoms with Gasteiger partial charge >= 0.3 is 0 Å². The highest BCUT2D eigenvalue weighted by Crippen LogP contribution is 2.46. The van der Waals surface area contributed by atoms with E-state index in [-0.39, 0.29) is 22.9 Å². The first-order chi connectivity index (χ1) is 7.61. The van der Waals surface area contributed by atoms with Crippen LogP contribution < -0.4 is 0 Å². The molecule has 104 valence electrons. The van der Waals surface area contributed by atoms with Crippen LogP contribution in [0.25, 0.3) is 0 Å². The normalized spacial score (nSPS) is 18.9. The van der Waals surface area contributed by atoms with Crippen molar-refractivity contribution in [3.05, 3.63) is 0 Å².